The summed E-state index contributed by atoms with van der Waals surface area (Å²) in [6, 6.07) is 11.1. The standard InChI is InChI=1S/C22H23F3N2O3/c1-2-30-19-8-6-15(7-9-19)21(29)27-12-10-18(11-13-27)26-20(28)16-4-3-5-17(14-16)22(23,24)25/h3-9,14,18H,2,10-13H2,1H3,(H,26,28). The third-order valence-corrected chi connectivity index (χ3v) is 4.98. The van der Waals surface area contributed by atoms with Crippen LogP contribution in [-0.2, 0) is 6.18 Å². The van der Waals surface area contributed by atoms with Crippen molar-refractivity contribution in [2.24, 2.45) is 0 Å². The van der Waals surface area contributed by atoms with Gasteiger partial charge in [0.25, 0.3) is 11.8 Å². The van der Waals surface area contributed by atoms with E-state index in [9.17, 15) is 22.8 Å². The topological polar surface area (TPSA) is 58.6 Å². The maximum absolute atomic E-state index is 12.8. The van der Waals surface area contributed by atoms with Crippen LogP contribution in [0.5, 0.6) is 5.75 Å². The molecule has 8 heteroatoms. The Morgan fingerprint density at radius 3 is 2.33 bits per heavy atom. The number of nitrogens with zero attached hydrogens (tertiary/aromatic N) is 1. The van der Waals surface area contributed by atoms with E-state index < -0.39 is 17.6 Å². The minimum absolute atomic E-state index is 0.0299. The van der Waals surface area contributed by atoms with Crippen molar-refractivity contribution >= 4 is 11.8 Å². The molecule has 2 aromatic carbocycles. The largest absolute Gasteiger partial charge is 0.494 e. The molecule has 0 atom stereocenters. The number of nitrogens with one attached hydrogen (secondary N) is 1. The molecule has 1 N–H and O–H groups in total. The second-order valence-electron chi connectivity index (χ2n) is 7.08. The predicted octanol–water partition coefficient (Wildman–Crippen LogP) is 4.14. The molecule has 3 rings (SSSR count). The minimum Gasteiger partial charge on any atom is -0.494 e. The van der Waals surface area contributed by atoms with Crippen molar-refractivity contribution in [1.29, 1.82) is 0 Å². The van der Waals surface area contributed by atoms with Crippen molar-refractivity contribution in [2.75, 3.05) is 19.7 Å². The van der Waals surface area contributed by atoms with Crippen molar-refractivity contribution in [3.8, 4) is 5.75 Å². The molecule has 0 saturated carbocycles. The van der Waals surface area contributed by atoms with E-state index in [4.69, 9.17) is 4.74 Å². The van der Waals surface area contributed by atoms with E-state index in [-0.39, 0.29) is 17.5 Å². The Hall–Kier alpha value is -3.03. The number of carbonyl (C=O) groups excluding carboxylic acids is 2. The summed E-state index contributed by atoms with van der Waals surface area (Å²) >= 11 is 0. The van der Waals surface area contributed by atoms with Crippen molar-refractivity contribution in [2.45, 2.75) is 32.0 Å². The maximum Gasteiger partial charge on any atom is 0.416 e. The fourth-order valence-corrected chi connectivity index (χ4v) is 3.38. The van der Waals surface area contributed by atoms with Gasteiger partial charge in [0.1, 0.15) is 5.75 Å². The van der Waals surface area contributed by atoms with Gasteiger partial charge in [-0.15, -0.1) is 0 Å². The fourth-order valence-electron chi connectivity index (χ4n) is 3.38. The molecule has 1 aliphatic heterocycles. The third kappa shape index (κ3) is 5.31. The van der Waals surface area contributed by atoms with Gasteiger partial charge >= 0.3 is 6.18 Å². The second-order valence-corrected chi connectivity index (χ2v) is 7.08. The van der Waals surface area contributed by atoms with Gasteiger partial charge in [-0.2, -0.15) is 13.2 Å². The summed E-state index contributed by atoms with van der Waals surface area (Å²) in [5.74, 6) is 0.0585. The SMILES string of the molecule is CCOc1ccc(C(=O)N2CCC(NC(=O)c3cccc(C(F)(F)F)c3)CC2)cc1. The molecule has 0 unspecified atom stereocenters. The zero-order valence-electron chi connectivity index (χ0n) is 16.5. The Labute approximate surface area is 172 Å². The molecule has 0 bridgehead atoms. The Morgan fingerprint density at radius 1 is 1.07 bits per heavy atom. The smallest absolute Gasteiger partial charge is 0.416 e. The van der Waals surface area contributed by atoms with Gasteiger partial charge in [0, 0.05) is 30.3 Å². The Balaban J connectivity index is 1.54. The van der Waals surface area contributed by atoms with E-state index in [1.165, 1.54) is 12.1 Å². The summed E-state index contributed by atoms with van der Waals surface area (Å²) in [5.41, 5.74) is -0.325. The lowest BCUT2D eigenvalue weighted by Crippen LogP contribution is -2.46. The van der Waals surface area contributed by atoms with Crippen LogP contribution in [-0.4, -0.2) is 42.5 Å². The van der Waals surface area contributed by atoms with Gasteiger partial charge in [-0.25, -0.2) is 0 Å². The average Bonchev–Trinajstić information content (AvgIpc) is 2.74. The molecular formula is C22H23F3N2O3. The summed E-state index contributed by atoms with van der Waals surface area (Å²) in [7, 11) is 0. The molecule has 5 nitrogen and oxygen atoms in total. The van der Waals surface area contributed by atoms with E-state index in [0.717, 1.165) is 12.1 Å². The number of piperidine rings is 1. The highest BCUT2D eigenvalue weighted by Crippen LogP contribution is 2.29. The van der Waals surface area contributed by atoms with Crippen LogP contribution >= 0.6 is 0 Å². The van der Waals surface area contributed by atoms with E-state index in [1.54, 1.807) is 29.2 Å². The first kappa shape index (κ1) is 21.7. The van der Waals surface area contributed by atoms with E-state index in [2.05, 4.69) is 5.32 Å². The summed E-state index contributed by atoms with van der Waals surface area (Å²) < 4.78 is 43.9. The molecule has 1 aliphatic rings. The number of alkyl halides is 3. The maximum atomic E-state index is 12.8. The monoisotopic (exact) mass is 420 g/mol. The lowest BCUT2D eigenvalue weighted by molar-refractivity contribution is -0.137. The molecule has 1 saturated heterocycles. The molecule has 2 amide bonds. The van der Waals surface area contributed by atoms with Crippen LogP contribution in [0.1, 0.15) is 46.0 Å². The Morgan fingerprint density at radius 2 is 1.73 bits per heavy atom. The lowest BCUT2D eigenvalue weighted by Gasteiger charge is -2.32. The van der Waals surface area contributed by atoms with Gasteiger partial charge < -0.3 is 15.0 Å². The molecule has 0 spiro atoms. The summed E-state index contributed by atoms with van der Waals surface area (Å²) in [4.78, 5) is 26.7. The highest BCUT2D eigenvalue weighted by molar-refractivity contribution is 5.95. The Bertz CT molecular complexity index is 889. The number of hydrogen-bond acceptors (Lipinski definition) is 3. The Kier molecular flexibility index (Phi) is 6.64. The van der Waals surface area contributed by atoms with Crippen LogP contribution in [0.4, 0.5) is 13.2 Å². The molecule has 0 aliphatic carbocycles. The number of hydrogen-bond donors (Lipinski definition) is 1. The van der Waals surface area contributed by atoms with E-state index in [1.807, 2.05) is 6.92 Å². The number of likely N-dealkylation sites (tertiary alicyclic amines) is 1. The van der Waals surface area contributed by atoms with E-state index in [0.29, 0.717) is 43.9 Å². The first-order chi connectivity index (χ1) is 14.3. The number of ether oxygens (including phenoxy) is 1. The van der Waals surface area contributed by atoms with Crippen LogP contribution in [0.25, 0.3) is 0 Å². The van der Waals surface area contributed by atoms with Gasteiger partial charge in [0.2, 0.25) is 0 Å². The molecule has 1 fully saturated rings. The molecule has 30 heavy (non-hydrogen) atoms. The van der Waals surface area contributed by atoms with E-state index >= 15 is 0 Å². The first-order valence-corrected chi connectivity index (χ1v) is 9.78. The second kappa shape index (κ2) is 9.19. The normalized spacial score (nSPS) is 15.0. The number of carbonyl (C=O) groups is 2. The van der Waals surface area contributed by atoms with Gasteiger partial charge in [-0.1, -0.05) is 6.07 Å². The van der Waals surface area contributed by atoms with Crippen LogP contribution < -0.4 is 10.1 Å². The number of rotatable bonds is 5. The number of halogens is 3. The van der Waals surface area contributed by atoms with Crippen molar-refractivity contribution in [1.82, 2.24) is 10.2 Å². The van der Waals surface area contributed by atoms with Crippen molar-refractivity contribution in [3.63, 3.8) is 0 Å². The number of benzene rings is 2. The first-order valence-electron chi connectivity index (χ1n) is 9.78. The average molecular weight is 420 g/mol. The van der Waals surface area contributed by atoms with Crippen LogP contribution in [0.15, 0.2) is 48.5 Å². The highest BCUT2D eigenvalue weighted by Gasteiger charge is 2.31. The van der Waals surface area contributed by atoms with Crippen molar-refractivity contribution in [3.05, 3.63) is 65.2 Å². The minimum atomic E-state index is -4.50. The zero-order valence-corrected chi connectivity index (χ0v) is 16.5. The third-order valence-electron chi connectivity index (χ3n) is 4.98. The predicted molar refractivity (Wildman–Crippen MR) is 105 cm³/mol. The molecular weight excluding hydrogens is 397 g/mol. The highest BCUT2D eigenvalue weighted by atomic mass is 19.4. The summed E-state index contributed by atoms with van der Waals surface area (Å²) in [6.07, 6.45) is -3.43. The van der Waals surface area contributed by atoms with Crippen LogP contribution in [0.3, 0.4) is 0 Å². The quantitative estimate of drug-likeness (QED) is 0.791. The fraction of sp³-hybridized carbons (Fsp3) is 0.364. The molecule has 160 valence electrons. The number of amides is 2. The lowest BCUT2D eigenvalue weighted by atomic mass is 10.0. The molecule has 0 radical (unpaired) electrons. The van der Waals surface area contributed by atoms with Gasteiger partial charge in [0.15, 0.2) is 0 Å². The van der Waals surface area contributed by atoms with Gasteiger partial charge in [0.05, 0.1) is 12.2 Å². The van der Waals surface area contributed by atoms with Crippen LogP contribution in [0, 0.1) is 0 Å². The van der Waals surface area contributed by atoms with Gasteiger partial charge in [-0.05, 0) is 62.2 Å². The zero-order chi connectivity index (χ0) is 21.7. The summed E-state index contributed by atoms with van der Waals surface area (Å²) in [6.45, 7) is 3.35. The molecule has 0 aromatic heterocycles. The summed E-state index contributed by atoms with van der Waals surface area (Å²) in [5, 5.41) is 2.77. The molecule has 2 aromatic rings. The molecule has 1 heterocycles. The van der Waals surface area contributed by atoms with Crippen LogP contribution in [0.2, 0.25) is 0 Å². The van der Waals surface area contributed by atoms with Crippen molar-refractivity contribution < 1.29 is 27.5 Å². The van der Waals surface area contributed by atoms with Gasteiger partial charge in [-0.3, -0.25) is 9.59 Å².